The van der Waals surface area contributed by atoms with Crippen molar-refractivity contribution >= 4 is 18.1 Å². The van der Waals surface area contributed by atoms with Crippen LogP contribution in [-0.2, 0) is 33.2 Å². The Morgan fingerprint density at radius 2 is 1.66 bits per heavy atom. The van der Waals surface area contributed by atoms with E-state index >= 15 is 0 Å². The van der Waals surface area contributed by atoms with Crippen LogP contribution in [0.5, 0.6) is 0 Å². The van der Waals surface area contributed by atoms with Crippen LogP contribution in [0.1, 0.15) is 92.9 Å². The first kappa shape index (κ1) is 34.5. The maximum Gasteiger partial charge on any atom is 0.508 e. The van der Waals surface area contributed by atoms with Crippen LogP contribution in [0.3, 0.4) is 0 Å². The van der Waals surface area contributed by atoms with E-state index in [-0.39, 0.29) is 29.8 Å². The Morgan fingerprint density at radius 3 is 2.30 bits per heavy atom. The Bertz CT molecular complexity index is 1140. The molecule has 4 rings (SSSR count). The fourth-order valence-corrected chi connectivity index (χ4v) is 9.32. The summed E-state index contributed by atoms with van der Waals surface area (Å²) in [4.78, 5) is 37.7. The van der Waals surface area contributed by atoms with Gasteiger partial charge in [0.05, 0.1) is 14.2 Å². The Morgan fingerprint density at radius 1 is 0.977 bits per heavy atom. The minimum atomic E-state index is -0.876. The molecule has 3 fully saturated rings. The normalized spacial score (nSPS) is 34.2. The molecule has 0 saturated heterocycles. The summed E-state index contributed by atoms with van der Waals surface area (Å²) in [5.41, 5.74) is 1.40. The Kier molecular flexibility index (Phi) is 10.6. The molecule has 0 heterocycles. The van der Waals surface area contributed by atoms with Crippen LogP contribution in [0.15, 0.2) is 23.3 Å². The van der Waals surface area contributed by atoms with Crippen LogP contribution in [0.2, 0.25) is 0 Å². The predicted molar refractivity (Wildman–Crippen MR) is 165 cm³/mol. The van der Waals surface area contributed by atoms with Gasteiger partial charge in [-0.15, -0.1) is 0 Å². The molecule has 0 aromatic carbocycles. The lowest BCUT2D eigenvalue weighted by Crippen LogP contribution is -2.54. The van der Waals surface area contributed by atoms with E-state index in [1.54, 1.807) is 7.11 Å². The molecular weight excluding hydrogens is 564 g/mol. The van der Waals surface area contributed by atoms with E-state index in [2.05, 4.69) is 39.8 Å². The van der Waals surface area contributed by atoms with E-state index in [9.17, 15) is 14.4 Å². The average Bonchev–Trinajstić information content (AvgIpc) is 3.35. The zero-order valence-electron chi connectivity index (χ0n) is 28.2. The van der Waals surface area contributed by atoms with E-state index in [4.69, 9.17) is 28.4 Å². The summed E-state index contributed by atoms with van der Waals surface area (Å²) in [6, 6.07) is 0. The van der Waals surface area contributed by atoms with Gasteiger partial charge in [0.15, 0.2) is 5.78 Å². The van der Waals surface area contributed by atoms with Gasteiger partial charge in [0.1, 0.15) is 24.6 Å². The van der Waals surface area contributed by atoms with Crippen LogP contribution < -0.4 is 0 Å². The Hall–Kier alpha value is -2.39. The number of hydrogen-bond acceptors (Lipinski definition) is 9. The molecule has 3 saturated carbocycles. The van der Waals surface area contributed by atoms with Crippen LogP contribution in [0.25, 0.3) is 0 Å². The predicted octanol–water partition coefficient (Wildman–Crippen LogP) is 7.42. The summed E-state index contributed by atoms with van der Waals surface area (Å²) in [5.74, 6) is 1.92. The van der Waals surface area contributed by atoms with Crippen molar-refractivity contribution in [2.75, 3.05) is 28.1 Å². The molecule has 44 heavy (non-hydrogen) atoms. The van der Waals surface area contributed by atoms with Gasteiger partial charge in [0.25, 0.3) is 0 Å². The number of ether oxygens (including phenoxy) is 6. The molecule has 0 unspecified atom stereocenters. The van der Waals surface area contributed by atoms with Gasteiger partial charge in [0, 0.05) is 31.8 Å². The summed E-state index contributed by atoms with van der Waals surface area (Å²) in [6.45, 7) is 13.0. The molecule has 0 radical (unpaired) electrons. The first-order valence-electron chi connectivity index (χ1n) is 16.3. The lowest BCUT2D eigenvalue weighted by Gasteiger charge is -2.57. The fourth-order valence-electron chi connectivity index (χ4n) is 9.32. The molecule has 9 nitrogen and oxygen atoms in total. The summed E-state index contributed by atoms with van der Waals surface area (Å²) in [7, 11) is 4.18. The van der Waals surface area contributed by atoms with Gasteiger partial charge >= 0.3 is 12.3 Å². The quantitative estimate of drug-likeness (QED) is 0.173. The third kappa shape index (κ3) is 6.33. The maximum absolute atomic E-state index is 13.3. The highest BCUT2D eigenvalue weighted by molar-refractivity contribution is 5.86. The van der Waals surface area contributed by atoms with Crippen LogP contribution in [0.4, 0.5) is 9.59 Å². The molecule has 248 valence electrons. The van der Waals surface area contributed by atoms with Crippen molar-refractivity contribution in [1.82, 2.24) is 0 Å². The van der Waals surface area contributed by atoms with E-state index < -0.39 is 35.5 Å². The molecule has 9 heteroatoms. The standard InChI is InChI=1S/C35H54O9/c1-10-22(17-29(36)33(3,4)42-20-39-7)21(2)26-13-14-27-25-12-11-23-18-24(43-31(37)40-8)19-30(44-32(38)41-9)35(23,6)28(25)15-16-34(26,27)5/h11-12,21-22,24,26-28,30H,10,13-20H2,1-9H3/t21-,22+,24+,26+,27-,28-,30-,34+,35-/m0/s1. The monoisotopic (exact) mass is 618 g/mol. The minimum Gasteiger partial charge on any atom is -0.438 e. The van der Waals surface area contributed by atoms with Crippen molar-refractivity contribution in [3.05, 3.63) is 23.3 Å². The molecular formula is C35H54O9. The second-order valence-corrected chi connectivity index (χ2v) is 14.4. The van der Waals surface area contributed by atoms with E-state index in [0.29, 0.717) is 37.0 Å². The number of carbonyl (C=O) groups is 3. The number of rotatable bonds is 11. The zero-order chi connectivity index (χ0) is 32.4. The zero-order valence-corrected chi connectivity index (χ0v) is 28.2. The first-order chi connectivity index (χ1) is 20.8. The SMILES string of the molecule is CC[C@H](CC(=O)C(C)(C)OCOC)[C@H](C)[C@H]1CC[C@H]2C3=CC=C4C[C@@H](OC(=O)OC)C[C@H](OC(=O)OC)[C@]4(C)[C@H]3CC[C@]12C. The van der Waals surface area contributed by atoms with Gasteiger partial charge in [-0.1, -0.05) is 57.4 Å². The second-order valence-electron chi connectivity index (χ2n) is 14.4. The van der Waals surface area contributed by atoms with Crippen molar-refractivity contribution in [2.24, 2.45) is 40.4 Å². The molecule has 0 spiro atoms. The van der Waals surface area contributed by atoms with E-state index in [1.165, 1.54) is 19.8 Å². The summed E-state index contributed by atoms with van der Waals surface area (Å²) < 4.78 is 31.9. The Labute approximate surface area is 263 Å². The van der Waals surface area contributed by atoms with Crippen LogP contribution in [-0.4, -0.2) is 64.0 Å². The van der Waals surface area contributed by atoms with E-state index in [1.807, 2.05) is 13.8 Å². The number of methoxy groups -OCH3 is 3. The number of ketones is 1. The van der Waals surface area contributed by atoms with Gasteiger partial charge in [0.2, 0.25) is 0 Å². The molecule has 0 amide bonds. The van der Waals surface area contributed by atoms with Gasteiger partial charge in [-0.25, -0.2) is 9.59 Å². The molecule has 0 bridgehead atoms. The van der Waals surface area contributed by atoms with Crippen LogP contribution >= 0.6 is 0 Å². The number of allylic oxidation sites excluding steroid dienone is 3. The fraction of sp³-hybridized carbons (Fsp3) is 0.800. The molecule has 4 aliphatic rings. The van der Waals surface area contributed by atoms with Crippen molar-refractivity contribution in [3.8, 4) is 0 Å². The van der Waals surface area contributed by atoms with Crippen molar-refractivity contribution in [1.29, 1.82) is 0 Å². The van der Waals surface area contributed by atoms with Crippen molar-refractivity contribution < 1.29 is 42.8 Å². The highest BCUT2D eigenvalue weighted by Crippen LogP contribution is 2.67. The molecule has 4 aliphatic carbocycles. The average molecular weight is 619 g/mol. The molecule has 0 N–H and O–H groups in total. The largest absolute Gasteiger partial charge is 0.508 e. The lowest BCUT2D eigenvalue weighted by atomic mass is 9.49. The molecule has 9 atom stereocenters. The molecule has 0 aromatic heterocycles. The summed E-state index contributed by atoms with van der Waals surface area (Å²) >= 11 is 0. The number of fused-ring (bicyclic) bond motifs is 5. The maximum atomic E-state index is 13.3. The summed E-state index contributed by atoms with van der Waals surface area (Å²) in [5, 5.41) is 0. The summed E-state index contributed by atoms with van der Waals surface area (Å²) in [6.07, 6.45) is 8.78. The van der Waals surface area contributed by atoms with E-state index in [0.717, 1.165) is 37.7 Å². The minimum absolute atomic E-state index is 0.101. The van der Waals surface area contributed by atoms with Gasteiger partial charge in [-0.3, -0.25) is 4.79 Å². The lowest BCUT2D eigenvalue weighted by molar-refractivity contribution is -0.157. The number of Topliss-reactive ketones (excluding diaryl/α,β-unsaturated/α-hetero) is 1. The topological polar surface area (TPSA) is 107 Å². The Balaban J connectivity index is 1.58. The third-order valence-electron chi connectivity index (χ3n) is 12.1. The highest BCUT2D eigenvalue weighted by Gasteiger charge is 2.60. The third-order valence-corrected chi connectivity index (χ3v) is 12.1. The smallest absolute Gasteiger partial charge is 0.438 e. The van der Waals surface area contributed by atoms with Gasteiger partial charge < -0.3 is 28.4 Å². The van der Waals surface area contributed by atoms with Crippen molar-refractivity contribution in [3.63, 3.8) is 0 Å². The van der Waals surface area contributed by atoms with Gasteiger partial charge in [-0.2, -0.15) is 0 Å². The van der Waals surface area contributed by atoms with Crippen molar-refractivity contribution in [2.45, 2.75) is 111 Å². The number of carbonyl (C=O) groups excluding carboxylic acids is 3. The molecule has 0 aliphatic heterocycles. The van der Waals surface area contributed by atoms with Gasteiger partial charge in [-0.05, 0) is 74.5 Å². The second kappa shape index (κ2) is 13.5. The highest BCUT2D eigenvalue weighted by atomic mass is 16.7. The first-order valence-corrected chi connectivity index (χ1v) is 16.3. The van der Waals surface area contributed by atoms with Crippen LogP contribution in [0, 0.1) is 40.4 Å². The molecule has 0 aromatic rings. The number of hydrogen-bond donors (Lipinski definition) is 0.